The van der Waals surface area contributed by atoms with Gasteiger partial charge < -0.3 is 89.5 Å². The van der Waals surface area contributed by atoms with E-state index >= 15 is 0 Å². The van der Waals surface area contributed by atoms with Crippen molar-refractivity contribution >= 4 is 17.7 Å². The van der Waals surface area contributed by atoms with Gasteiger partial charge in [0.05, 0.1) is 44.3 Å². The van der Waals surface area contributed by atoms with E-state index in [2.05, 4.69) is 20.9 Å². The minimum absolute atomic E-state index is 0.000599. The molecular formula is C50H74F2N6O18. The van der Waals surface area contributed by atoms with E-state index in [9.17, 15) is 64.0 Å². The van der Waals surface area contributed by atoms with Gasteiger partial charge in [-0.05, 0) is 69.1 Å². The minimum atomic E-state index is -1.81. The van der Waals surface area contributed by atoms with Crippen LogP contribution in [-0.2, 0) is 47.5 Å². The molecule has 1 aromatic heterocycles. The van der Waals surface area contributed by atoms with Crippen molar-refractivity contribution in [3.8, 4) is 11.3 Å². The number of aryl methyl sites for hydroxylation is 1. The molecule has 20 atom stereocenters. The van der Waals surface area contributed by atoms with Crippen LogP contribution in [0.1, 0.15) is 90.2 Å². The zero-order chi connectivity index (χ0) is 54.7. The number of ether oxygens (including phenoxy) is 7. The summed E-state index contributed by atoms with van der Waals surface area (Å²) in [5.41, 5.74) is 0.235. The van der Waals surface area contributed by atoms with Crippen molar-refractivity contribution in [1.29, 1.82) is 0 Å². The summed E-state index contributed by atoms with van der Waals surface area (Å²) in [4.78, 5) is 41.9. The summed E-state index contributed by atoms with van der Waals surface area (Å²) >= 11 is 0. The number of hydrogen-bond acceptors (Lipinski definition) is 20. The Bertz CT molecular complexity index is 2260. The quantitative estimate of drug-likeness (QED) is 0.0819. The zero-order valence-electron chi connectivity index (χ0n) is 43.0. The number of nitrogens with zero attached hydrogens (tertiary/aromatic N) is 4. The second kappa shape index (κ2) is 25.4. The number of likely N-dealkylation sites (tertiary alicyclic amines) is 1. The Labute approximate surface area is 437 Å². The molecule has 5 heterocycles. The normalized spacial score (nSPS) is 37.8. The number of halogens is 2. The highest BCUT2D eigenvalue weighted by atomic mass is 19.2. The SMILES string of the molecule is CC(=O)NC1C(O[C@@H](CC2CCCCC2)C(=O)N2CCC2)[C@@H](O)C(CO)O[C@H]1O[C@@H]1CC(CO[C@H]2O[C@H](CO)[C@@H](O)C(n3cc(-c4cc(C)c(F)c(F)c4)nn3)C2O)C[C@@H](NC(C)=O)C1O[C@@H]1OC(C)[C@@H](O)[C@H](O)C1O. The van der Waals surface area contributed by atoms with Crippen LogP contribution in [0, 0.1) is 30.4 Å². The van der Waals surface area contributed by atoms with Crippen molar-refractivity contribution in [2.75, 3.05) is 32.9 Å². The average Bonchev–Trinajstić information content (AvgIpc) is 3.85. The Morgan fingerprint density at radius 1 is 0.776 bits per heavy atom. The summed E-state index contributed by atoms with van der Waals surface area (Å²) in [6.07, 6.45) is -16.2. The van der Waals surface area contributed by atoms with E-state index < -0.39 is 159 Å². The summed E-state index contributed by atoms with van der Waals surface area (Å²) < 4.78 is 73.7. The predicted molar refractivity (Wildman–Crippen MR) is 256 cm³/mol. The van der Waals surface area contributed by atoms with Crippen LogP contribution >= 0.6 is 0 Å². The highest BCUT2D eigenvalue weighted by Crippen LogP contribution is 2.39. The van der Waals surface area contributed by atoms with E-state index in [1.54, 1.807) is 4.90 Å². The van der Waals surface area contributed by atoms with Gasteiger partial charge in [-0.25, -0.2) is 13.5 Å². The maximum absolute atomic E-state index is 14.4. The molecule has 4 saturated heterocycles. The first-order valence-corrected chi connectivity index (χ1v) is 26.3. The lowest BCUT2D eigenvalue weighted by atomic mass is 9.81. The summed E-state index contributed by atoms with van der Waals surface area (Å²) in [6, 6.07) is -1.48. The van der Waals surface area contributed by atoms with E-state index in [0.29, 0.717) is 19.5 Å². The summed E-state index contributed by atoms with van der Waals surface area (Å²) in [7, 11) is 0. The van der Waals surface area contributed by atoms with Gasteiger partial charge in [0.1, 0.15) is 84.9 Å². The molecule has 426 valence electrons. The Hall–Kier alpha value is -3.97. The number of carbonyl (C=O) groups is 3. The van der Waals surface area contributed by atoms with Gasteiger partial charge in [0.25, 0.3) is 5.91 Å². The van der Waals surface area contributed by atoms with E-state index in [1.165, 1.54) is 40.0 Å². The molecule has 2 saturated carbocycles. The molecule has 3 amide bonds. The molecule has 0 bridgehead atoms. The fourth-order valence-electron chi connectivity index (χ4n) is 11.4. The Morgan fingerprint density at radius 2 is 1.46 bits per heavy atom. The Morgan fingerprint density at radius 3 is 2.11 bits per heavy atom. The van der Waals surface area contributed by atoms with Crippen LogP contribution < -0.4 is 10.6 Å². The Balaban J connectivity index is 1.09. The third-order valence-electron chi connectivity index (χ3n) is 15.6. The van der Waals surface area contributed by atoms with Crippen molar-refractivity contribution in [3.63, 3.8) is 0 Å². The van der Waals surface area contributed by atoms with Crippen molar-refractivity contribution in [1.82, 2.24) is 30.5 Å². The standard InChI is InChI=1S/C50H74F2N6O18/c1-22-13-28(17-29(51)36(22)52)31-18-58(56-55-31)38-40(64)34(19-59)75-49(42(38)66)70-21-27-14-30(53-24(3)61)45(76-50-44(68)43(67)39(63)23(2)71-50)32(16-27)73-48-37(54-25(4)62)46(41(65)35(20-60)74-48)72-33(47(69)57-11-8-12-57)15-26-9-6-5-7-10-26/h13,17-18,23,26-27,30,32-35,37-46,48-50,59-60,63-68H,5-12,14-16,19-21H2,1-4H3,(H,53,61)(H,54,62)/t23?,27?,30-,32-,33+,34-,35?,37?,38?,39-,40-,41+,42?,43+,44?,45?,46?,48-,49+,50+/m1/s1. The number of rotatable bonds is 18. The monoisotopic (exact) mass is 1080 g/mol. The number of benzene rings is 1. The molecule has 6 aliphatic rings. The van der Waals surface area contributed by atoms with Crippen molar-refractivity contribution in [2.24, 2.45) is 11.8 Å². The first-order chi connectivity index (χ1) is 36.3. The lowest BCUT2D eigenvalue weighted by Crippen LogP contribution is -2.68. The number of aliphatic hydroxyl groups excluding tert-OH is 8. The van der Waals surface area contributed by atoms with Crippen LogP contribution in [0.2, 0.25) is 0 Å². The molecule has 8 rings (SSSR count). The maximum atomic E-state index is 14.4. The highest BCUT2D eigenvalue weighted by Gasteiger charge is 2.54. The molecule has 26 heteroatoms. The molecule has 2 aromatic rings. The molecule has 4 aliphatic heterocycles. The highest BCUT2D eigenvalue weighted by molar-refractivity contribution is 5.81. The number of amides is 3. The second-order valence-electron chi connectivity index (χ2n) is 21.3. The number of hydrogen-bond donors (Lipinski definition) is 10. The van der Waals surface area contributed by atoms with Gasteiger partial charge in [-0.15, -0.1) is 5.10 Å². The Kier molecular flexibility index (Phi) is 19.5. The molecular weight excluding hydrogens is 1010 g/mol. The van der Waals surface area contributed by atoms with E-state index in [4.69, 9.17) is 33.2 Å². The topological polar surface area (TPSA) is 336 Å². The number of nitrogens with one attached hydrogen (secondary N) is 2. The fourth-order valence-corrected chi connectivity index (χ4v) is 11.4. The number of aliphatic hydroxyl groups is 8. The van der Waals surface area contributed by atoms with Gasteiger partial charge >= 0.3 is 0 Å². The first-order valence-electron chi connectivity index (χ1n) is 26.3. The van der Waals surface area contributed by atoms with Gasteiger partial charge in [0.15, 0.2) is 30.5 Å². The van der Waals surface area contributed by atoms with Crippen LogP contribution in [0.15, 0.2) is 18.3 Å². The molecule has 10 N–H and O–H groups in total. The molecule has 0 radical (unpaired) electrons. The fraction of sp³-hybridized carbons (Fsp3) is 0.780. The molecule has 2 aliphatic carbocycles. The lowest BCUT2D eigenvalue weighted by Gasteiger charge is -2.50. The third-order valence-corrected chi connectivity index (χ3v) is 15.6. The summed E-state index contributed by atoms with van der Waals surface area (Å²) in [5.74, 6) is -4.09. The van der Waals surface area contributed by atoms with Gasteiger partial charge in [-0.2, -0.15) is 0 Å². The van der Waals surface area contributed by atoms with Crippen LogP contribution in [0.25, 0.3) is 11.3 Å². The molecule has 9 unspecified atom stereocenters. The van der Waals surface area contributed by atoms with Crippen molar-refractivity contribution in [3.05, 3.63) is 35.5 Å². The molecule has 24 nitrogen and oxygen atoms in total. The average molecular weight is 1090 g/mol. The minimum Gasteiger partial charge on any atom is -0.394 e. The van der Waals surface area contributed by atoms with Crippen LogP contribution in [0.5, 0.6) is 0 Å². The number of carbonyl (C=O) groups excluding carboxylic acids is 3. The van der Waals surface area contributed by atoms with Crippen LogP contribution in [-0.4, -0.2) is 222 Å². The second-order valence-corrected chi connectivity index (χ2v) is 21.3. The molecule has 76 heavy (non-hydrogen) atoms. The molecule has 6 fully saturated rings. The smallest absolute Gasteiger partial charge is 0.251 e. The largest absolute Gasteiger partial charge is 0.394 e. The number of aromatic nitrogens is 3. The summed E-state index contributed by atoms with van der Waals surface area (Å²) in [6.45, 7) is 4.56. The van der Waals surface area contributed by atoms with Gasteiger partial charge in [0.2, 0.25) is 11.8 Å². The lowest BCUT2D eigenvalue weighted by molar-refractivity contribution is -0.337. The van der Waals surface area contributed by atoms with Crippen molar-refractivity contribution in [2.45, 2.75) is 202 Å². The predicted octanol–water partition coefficient (Wildman–Crippen LogP) is -1.42. The van der Waals surface area contributed by atoms with E-state index in [0.717, 1.165) is 49.3 Å². The molecule has 0 spiro atoms. The van der Waals surface area contributed by atoms with Gasteiger partial charge in [-0.1, -0.05) is 37.3 Å². The van der Waals surface area contributed by atoms with Crippen LogP contribution in [0.4, 0.5) is 8.78 Å². The third kappa shape index (κ3) is 13.0. The van der Waals surface area contributed by atoms with E-state index in [1.807, 2.05) is 0 Å². The summed E-state index contributed by atoms with van der Waals surface area (Å²) in [5, 5.41) is 102. The molecule has 1 aromatic carbocycles. The first kappa shape index (κ1) is 58.2. The van der Waals surface area contributed by atoms with Gasteiger partial charge in [-0.3, -0.25) is 14.4 Å². The van der Waals surface area contributed by atoms with Gasteiger partial charge in [0, 0.05) is 32.5 Å². The van der Waals surface area contributed by atoms with Crippen molar-refractivity contribution < 1.29 is 97.2 Å². The van der Waals surface area contributed by atoms with E-state index in [-0.39, 0.29) is 48.1 Å². The maximum Gasteiger partial charge on any atom is 0.251 e. The van der Waals surface area contributed by atoms with Crippen LogP contribution in [0.3, 0.4) is 0 Å². The zero-order valence-corrected chi connectivity index (χ0v) is 43.0.